The van der Waals surface area contributed by atoms with Crippen molar-refractivity contribution in [1.82, 2.24) is 19.5 Å². The number of imidazole rings is 1. The Hall–Kier alpha value is -1.69. The van der Waals surface area contributed by atoms with Crippen LogP contribution in [0.2, 0.25) is 0 Å². The molecule has 0 N–H and O–H groups in total. The Morgan fingerprint density at radius 2 is 1.95 bits per heavy atom. The van der Waals surface area contributed by atoms with Gasteiger partial charge in [-0.2, -0.15) is 0 Å². The van der Waals surface area contributed by atoms with Gasteiger partial charge >= 0.3 is 0 Å². The fourth-order valence-corrected chi connectivity index (χ4v) is 3.15. The molecular weight excluding hydrogens is 254 g/mol. The Kier molecular flexibility index (Phi) is 3.03. The summed E-state index contributed by atoms with van der Waals surface area (Å²) in [7, 11) is 0. The number of fused-ring (bicyclic) bond motifs is 1. The number of hydrogen-bond acceptors (Lipinski definition) is 5. The van der Waals surface area contributed by atoms with Gasteiger partial charge in [-0.1, -0.05) is 0 Å². The van der Waals surface area contributed by atoms with Crippen LogP contribution in [-0.2, 0) is 4.74 Å². The summed E-state index contributed by atoms with van der Waals surface area (Å²) in [5.74, 6) is 0.974. The van der Waals surface area contributed by atoms with Crippen molar-refractivity contribution in [3.05, 3.63) is 12.7 Å². The summed E-state index contributed by atoms with van der Waals surface area (Å²) in [5, 5.41) is 0. The lowest BCUT2D eigenvalue weighted by Crippen LogP contribution is -2.20. The van der Waals surface area contributed by atoms with Crippen molar-refractivity contribution in [2.24, 2.45) is 0 Å². The Balaban J connectivity index is 1.75. The van der Waals surface area contributed by atoms with E-state index in [9.17, 15) is 0 Å². The molecule has 0 aromatic carbocycles. The summed E-state index contributed by atoms with van der Waals surface area (Å²) in [6.45, 7) is 2.96. The minimum atomic E-state index is 0.0788. The van der Waals surface area contributed by atoms with Gasteiger partial charge in [0.05, 0.1) is 6.33 Å². The maximum atomic E-state index is 5.84. The molecule has 2 aliphatic heterocycles. The summed E-state index contributed by atoms with van der Waals surface area (Å²) in [6.07, 6.45) is 9.44. The Morgan fingerprint density at radius 1 is 1.05 bits per heavy atom. The van der Waals surface area contributed by atoms with E-state index in [1.807, 2.05) is 6.33 Å². The van der Waals surface area contributed by atoms with Crippen LogP contribution in [0, 0.1) is 0 Å². The van der Waals surface area contributed by atoms with E-state index in [-0.39, 0.29) is 6.23 Å². The summed E-state index contributed by atoms with van der Waals surface area (Å²) in [4.78, 5) is 15.7. The molecule has 0 unspecified atom stereocenters. The molecule has 4 rings (SSSR count). The fourth-order valence-electron chi connectivity index (χ4n) is 3.15. The minimum absolute atomic E-state index is 0.0788. The van der Waals surface area contributed by atoms with E-state index < -0.39 is 0 Å². The number of hydrogen-bond donors (Lipinski definition) is 0. The summed E-state index contributed by atoms with van der Waals surface area (Å²) >= 11 is 0. The van der Waals surface area contributed by atoms with Crippen molar-refractivity contribution in [2.75, 3.05) is 24.6 Å². The molecular formula is C14H19N5O. The molecule has 1 atom stereocenters. The second kappa shape index (κ2) is 5.01. The molecule has 0 amide bonds. The molecule has 0 bridgehead atoms. The third-order valence-electron chi connectivity index (χ3n) is 4.21. The molecule has 106 valence electrons. The van der Waals surface area contributed by atoms with Crippen molar-refractivity contribution in [3.63, 3.8) is 0 Å². The van der Waals surface area contributed by atoms with Crippen molar-refractivity contribution < 1.29 is 4.74 Å². The summed E-state index contributed by atoms with van der Waals surface area (Å²) in [5.41, 5.74) is 1.80. The second-order valence-electron chi connectivity index (χ2n) is 5.54. The number of ether oxygens (including phenoxy) is 1. The molecule has 20 heavy (non-hydrogen) atoms. The van der Waals surface area contributed by atoms with E-state index in [2.05, 4.69) is 24.4 Å². The van der Waals surface area contributed by atoms with Gasteiger partial charge in [-0.25, -0.2) is 15.0 Å². The highest BCUT2D eigenvalue weighted by Gasteiger charge is 2.22. The first kappa shape index (κ1) is 12.1. The van der Waals surface area contributed by atoms with E-state index in [4.69, 9.17) is 4.74 Å². The maximum Gasteiger partial charge on any atom is 0.167 e. The molecule has 0 spiro atoms. The highest BCUT2D eigenvalue weighted by Crippen LogP contribution is 2.29. The number of nitrogens with zero attached hydrogens (tertiary/aromatic N) is 5. The van der Waals surface area contributed by atoms with Crippen LogP contribution in [0.15, 0.2) is 12.7 Å². The lowest BCUT2D eigenvalue weighted by Gasteiger charge is -2.24. The Bertz CT molecular complexity index is 599. The maximum absolute atomic E-state index is 5.84. The van der Waals surface area contributed by atoms with Gasteiger partial charge < -0.3 is 9.64 Å². The number of aromatic nitrogens is 4. The van der Waals surface area contributed by atoms with Gasteiger partial charge in [0, 0.05) is 19.7 Å². The van der Waals surface area contributed by atoms with Crippen molar-refractivity contribution in [1.29, 1.82) is 0 Å². The van der Waals surface area contributed by atoms with E-state index in [1.165, 1.54) is 19.3 Å². The number of rotatable bonds is 2. The van der Waals surface area contributed by atoms with Gasteiger partial charge in [0.25, 0.3) is 0 Å². The van der Waals surface area contributed by atoms with Gasteiger partial charge in [0.1, 0.15) is 12.6 Å². The molecule has 6 nitrogen and oxygen atoms in total. The monoisotopic (exact) mass is 273 g/mol. The molecule has 6 heteroatoms. The molecule has 2 aliphatic rings. The van der Waals surface area contributed by atoms with Gasteiger partial charge in [0.2, 0.25) is 0 Å². The highest BCUT2D eigenvalue weighted by molar-refractivity contribution is 5.83. The third-order valence-corrected chi connectivity index (χ3v) is 4.21. The van der Waals surface area contributed by atoms with E-state index in [1.54, 1.807) is 6.33 Å². The van der Waals surface area contributed by atoms with Crippen LogP contribution >= 0.6 is 0 Å². The predicted molar refractivity (Wildman–Crippen MR) is 75.6 cm³/mol. The van der Waals surface area contributed by atoms with Crippen LogP contribution in [0.25, 0.3) is 11.2 Å². The lowest BCUT2D eigenvalue weighted by molar-refractivity contribution is -0.0298. The van der Waals surface area contributed by atoms with Crippen molar-refractivity contribution >= 4 is 17.0 Å². The first-order valence-corrected chi connectivity index (χ1v) is 7.47. The molecule has 2 fully saturated rings. The third kappa shape index (κ3) is 1.95. The fraction of sp³-hybridized carbons (Fsp3) is 0.643. The summed E-state index contributed by atoms with van der Waals surface area (Å²) in [6, 6.07) is 0. The quantitative estimate of drug-likeness (QED) is 0.839. The number of anilines is 1. The lowest BCUT2D eigenvalue weighted by atomic mass is 10.2. The van der Waals surface area contributed by atoms with Gasteiger partial charge in [-0.15, -0.1) is 0 Å². The minimum Gasteiger partial charge on any atom is -0.358 e. The SMILES string of the molecule is c1nc(N2CCCC2)c2ncn([C@H]3CCCCO3)c2n1. The van der Waals surface area contributed by atoms with E-state index >= 15 is 0 Å². The average Bonchev–Trinajstić information content (AvgIpc) is 3.17. The molecule has 0 saturated carbocycles. The van der Waals surface area contributed by atoms with Gasteiger partial charge in [-0.3, -0.25) is 4.57 Å². The largest absolute Gasteiger partial charge is 0.358 e. The molecule has 2 aromatic heterocycles. The molecule has 2 aromatic rings. The Labute approximate surface area is 117 Å². The van der Waals surface area contributed by atoms with Gasteiger partial charge in [-0.05, 0) is 32.1 Å². The molecule has 4 heterocycles. The van der Waals surface area contributed by atoms with Crippen molar-refractivity contribution in [3.8, 4) is 0 Å². The molecule has 0 aliphatic carbocycles. The van der Waals surface area contributed by atoms with Crippen molar-refractivity contribution in [2.45, 2.75) is 38.3 Å². The van der Waals surface area contributed by atoms with Crippen LogP contribution < -0.4 is 4.90 Å². The van der Waals surface area contributed by atoms with Crippen LogP contribution in [0.4, 0.5) is 5.82 Å². The first-order chi connectivity index (χ1) is 9.93. The van der Waals surface area contributed by atoms with Crippen LogP contribution in [0.5, 0.6) is 0 Å². The van der Waals surface area contributed by atoms with Gasteiger partial charge in [0.15, 0.2) is 17.0 Å². The Morgan fingerprint density at radius 3 is 2.75 bits per heavy atom. The molecule has 0 radical (unpaired) electrons. The standard InChI is InChI=1S/C14H19N5O/c1-4-8-20-11(5-1)19-10-17-12-13(15-9-16-14(12)19)18-6-2-3-7-18/h9-11H,1-8H2/t11-/m1/s1. The average molecular weight is 273 g/mol. The normalized spacial score (nSPS) is 23.6. The van der Waals surface area contributed by atoms with E-state index in [0.29, 0.717) is 0 Å². The smallest absolute Gasteiger partial charge is 0.167 e. The summed E-state index contributed by atoms with van der Waals surface area (Å²) < 4.78 is 7.91. The molecule has 2 saturated heterocycles. The second-order valence-corrected chi connectivity index (χ2v) is 5.54. The van der Waals surface area contributed by atoms with Crippen LogP contribution in [0.3, 0.4) is 0 Å². The van der Waals surface area contributed by atoms with Crippen LogP contribution in [0.1, 0.15) is 38.3 Å². The highest BCUT2D eigenvalue weighted by atomic mass is 16.5. The van der Waals surface area contributed by atoms with Crippen LogP contribution in [-0.4, -0.2) is 39.2 Å². The topological polar surface area (TPSA) is 56.1 Å². The zero-order valence-electron chi connectivity index (χ0n) is 11.5. The zero-order valence-corrected chi connectivity index (χ0v) is 11.5. The van der Waals surface area contributed by atoms with E-state index in [0.717, 1.165) is 49.5 Å². The zero-order chi connectivity index (χ0) is 13.4. The predicted octanol–water partition coefficient (Wildman–Crippen LogP) is 2.13. The first-order valence-electron chi connectivity index (χ1n) is 7.47.